The van der Waals surface area contributed by atoms with Crippen LogP contribution >= 0.6 is 0 Å². The second-order valence-electron chi connectivity index (χ2n) is 5.87. The Morgan fingerprint density at radius 1 is 1.26 bits per heavy atom. The Labute approximate surface area is 115 Å². The van der Waals surface area contributed by atoms with Gasteiger partial charge in [0.15, 0.2) is 0 Å². The number of nitrogens with one attached hydrogen (secondary N) is 1. The van der Waals surface area contributed by atoms with Crippen molar-refractivity contribution in [1.82, 2.24) is 9.03 Å². The lowest BCUT2D eigenvalue weighted by Gasteiger charge is -2.37. The number of ether oxygens (including phenoxy) is 1. The third kappa shape index (κ3) is 3.46. The van der Waals surface area contributed by atoms with Crippen LogP contribution in [0.15, 0.2) is 0 Å². The van der Waals surface area contributed by atoms with E-state index in [1.165, 1.54) is 4.31 Å². The Hall–Kier alpha value is -0.210. The molecule has 2 atom stereocenters. The fourth-order valence-electron chi connectivity index (χ4n) is 3.06. The predicted octanol–water partition coefficient (Wildman–Crippen LogP) is 0.202. The van der Waals surface area contributed by atoms with Crippen molar-refractivity contribution in [3.05, 3.63) is 0 Å². The minimum absolute atomic E-state index is 0.0715. The van der Waals surface area contributed by atoms with Crippen molar-refractivity contribution in [2.24, 2.45) is 5.73 Å². The van der Waals surface area contributed by atoms with E-state index in [1.807, 2.05) is 13.8 Å². The third-order valence-electron chi connectivity index (χ3n) is 4.02. The maximum Gasteiger partial charge on any atom is 0.280 e. The molecule has 6 nitrogen and oxygen atoms in total. The van der Waals surface area contributed by atoms with Crippen LogP contribution in [0.5, 0.6) is 0 Å². The number of nitrogens with zero attached hydrogens (tertiary/aromatic N) is 1. The third-order valence-corrected chi connectivity index (χ3v) is 5.69. The smallest absolute Gasteiger partial charge is 0.280 e. The molecule has 0 aromatic carbocycles. The van der Waals surface area contributed by atoms with E-state index >= 15 is 0 Å². The summed E-state index contributed by atoms with van der Waals surface area (Å²) in [6.07, 6.45) is 3.59. The van der Waals surface area contributed by atoms with Gasteiger partial charge in [-0.05, 0) is 26.7 Å². The molecule has 1 aliphatic heterocycles. The molecule has 1 heterocycles. The summed E-state index contributed by atoms with van der Waals surface area (Å²) in [5, 5.41) is 0. The fraction of sp³-hybridized carbons (Fsp3) is 1.00. The average Bonchev–Trinajstić information content (AvgIpc) is 2.76. The summed E-state index contributed by atoms with van der Waals surface area (Å²) in [6.45, 7) is 4.96. The first-order valence-corrected chi connectivity index (χ1v) is 8.45. The number of hydrogen-bond donors (Lipinski definition) is 2. The van der Waals surface area contributed by atoms with Gasteiger partial charge in [0.25, 0.3) is 10.2 Å². The van der Waals surface area contributed by atoms with Crippen LogP contribution < -0.4 is 10.5 Å². The molecular weight excluding hydrogens is 266 g/mol. The summed E-state index contributed by atoms with van der Waals surface area (Å²) in [5.74, 6) is 0. The molecule has 0 aromatic rings. The second-order valence-corrected chi connectivity index (χ2v) is 7.54. The van der Waals surface area contributed by atoms with Crippen LogP contribution in [0.2, 0.25) is 0 Å². The van der Waals surface area contributed by atoms with Crippen LogP contribution in [0, 0.1) is 0 Å². The van der Waals surface area contributed by atoms with Gasteiger partial charge < -0.3 is 10.5 Å². The van der Waals surface area contributed by atoms with Crippen LogP contribution in [0.3, 0.4) is 0 Å². The minimum atomic E-state index is -3.48. The molecule has 0 spiro atoms. The summed E-state index contributed by atoms with van der Waals surface area (Å²) in [5.41, 5.74) is 5.35. The molecule has 2 fully saturated rings. The Bertz CT molecular complexity index is 396. The molecule has 1 saturated carbocycles. The monoisotopic (exact) mass is 291 g/mol. The van der Waals surface area contributed by atoms with Crippen LogP contribution in [0.4, 0.5) is 0 Å². The molecule has 0 bridgehead atoms. The minimum Gasteiger partial charge on any atom is -0.373 e. The molecule has 2 rings (SSSR count). The van der Waals surface area contributed by atoms with E-state index in [-0.39, 0.29) is 12.2 Å². The number of nitrogens with two attached hydrogens (primary N) is 1. The molecule has 3 N–H and O–H groups in total. The standard InChI is InChI=1S/C12H25N3O3S/c1-10-7-15(8-11(2)18-10)19(16,17)14-12(9-13)5-3-4-6-12/h10-11,14H,3-9,13H2,1-2H3. The lowest BCUT2D eigenvalue weighted by Crippen LogP contribution is -2.59. The average molecular weight is 291 g/mol. The van der Waals surface area contributed by atoms with E-state index in [2.05, 4.69) is 4.72 Å². The quantitative estimate of drug-likeness (QED) is 0.775. The SMILES string of the molecule is CC1CN(S(=O)(=O)NC2(CN)CCCC2)CC(C)O1. The Balaban J connectivity index is 2.09. The van der Waals surface area contributed by atoms with Gasteiger partial charge in [-0.25, -0.2) is 0 Å². The summed E-state index contributed by atoms with van der Waals surface area (Å²) >= 11 is 0. The van der Waals surface area contributed by atoms with Gasteiger partial charge in [-0.1, -0.05) is 12.8 Å². The van der Waals surface area contributed by atoms with E-state index in [4.69, 9.17) is 10.5 Å². The first-order chi connectivity index (χ1) is 8.87. The summed E-state index contributed by atoms with van der Waals surface area (Å²) in [4.78, 5) is 0. The van der Waals surface area contributed by atoms with Crippen molar-refractivity contribution in [3.8, 4) is 0 Å². The molecule has 2 aliphatic rings. The highest BCUT2D eigenvalue weighted by atomic mass is 32.2. The van der Waals surface area contributed by atoms with Crippen molar-refractivity contribution >= 4 is 10.2 Å². The molecule has 112 valence electrons. The highest BCUT2D eigenvalue weighted by Crippen LogP contribution is 2.30. The van der Waals surface area contributed by atoms with Crippen LogP contribution in [0.1, 0.15) is 39.5 Å². The van der Waals surface area contributed by atoms with E-state index in [0.29, 0.717) is 19.6 Å². The summed E-state index contributed by atoms with van der Waals surface area (Å²) in [6, 6.07) is 0. The highest BCUT2D eigenvalue weighted by molar-refractivity contribution is 7.87. The molecular formula is C12H25N3O3S. The molecule has 0 radical (unpaired) electrons. The lowest BCUT2D eigenvalue weighted by molar-refractivity contribution is -0.0446. The molecule has 0 aromatic heterocycles. The second kappa shape index (κ2) is 5.65. The van der Waals surface area contributed by atoms with E-state index in [0.717, 1.165) is 25.7 Å². The van der Waals surface area contributed by atoms with Crippen LogP contribution in [0.25, 0.3) is 0 Å². The maximum absolute atomic E-state index is 12.5. The van der Waals surface area contributed by atoms with Crippen molar-refractivity contribution in [3.63, 3.8) is 0 Å². The Morgan fingerprint density at radius 2 is 1.79 bits per heavy atom. The van der Waals surface area contributed by atoms with E-state index < -0.39 is 15.7 Å². The van der Waals surface area contributed by atoms with Crippen molar-refractivity contribution in [1.29, 1.82) is 0 Å². The Morgan fingerprint density at radius 3 is 2.26 bits per heavy atom. The van der Waals surface area contributed by atoms with E-state index in [9.17, 15) is 8.42 Å². The van der Waals surface area contributed by atoms with Gasteiger partial charge in [0.05, 0.1) is 12.2 Å². The zero-order valence-electron chi connectivity index (χ0n) is 11.8. The maximum atomic E-state index is 12.5. The van der Waals surface area contributed by atoms with Gasteiger partial charge in [-0.2, -0.15) is 17.4 Å². The zero-order valence-corrected chi connectivity index (χ0v) is 12.6. The highest BCUT2D eigenvalue weighted by Gasteiger charge is 2.40. The number of morpholine rings is 1. The summed E-state index contributed by atoms with van der Waals surface area (Å²) in [7, 11) is -3.48. The van der Waals surface area contributed by atoms with Crippen molar-refractivity contribution < 1.29 is 13.2 Å². The number of hydrogen-bond acceptors (Lipinski definition) is 4. The van der Waals surface area contributed by atoms with Crippen molar-refractivity contribution in [2.75, 3.05) is 19.6 Å². The topological polar surface area (TPSA) is 84.7 Å². The zero-order chi connectivity index (χ0) is 14.1. The molecule has 7 heteroatoms. The summed E-state index contributed by atoms with van der Waals surface area (Å²) < 4.78 is 34.9. The number of rotatable bonds is 4. The van der Waals surface area contributed by atoms with Crippen LogP contribution in [-0.4, -0.2) is 50.1 Å². The van der Waals surface area contributed by atoms with Gasteiger partial charge in [-0.15, -0.1) is 0 Å². The molecule has 1 aliphatic carbocycles. The Kier molecular flexibility index (Phi) is 4.52. The van der Waals surface area contributed by atoms with Gasteiger partial charge >= 0.3 is 0 Å². The van der Waals surface area contributed by atoms with Gasteiger partial charge in [0.1, 0.15) is 0 Å². The first kappa shape index (κ1) is 15.2. The van der Waals surface area contributed by atoms with Gasteiger partial charge in [0.2, 0.25) is 0 Å². The van der Waals surface area contributed by atoms with Crippen molar-refractivity contribution in [2.45, 2.75) is 57.3 Å². The first-order valence-electron chi connectivity index (χ1n) is 7.01. The predicted molar refractivity (Wildman–Crippen MR) is 73.9 cm³/mol. The largest absolute Gasteiger partial charge is 0.373 e. The van der Waals surface area contributed by atoms with Gasteiger partial charge in [-0.3, -0.25) is 0 Å². The molecule has 19 heavy (non-hydrogen) atoms. The lowest BCUT2D eigenvalue weighted by atomic mass is 10.0. The normalized spacial score (nSPS) is 32.6. The van der Waals surface area contributed by atoms with Gasteiger partial charge in [0, 0.05) is 25.2 Å². The molecule has 0 amide bonds. The fourth-order valence-corrected chi connectivity index (χ4v) is 4.84. The molecule has 1 saturated heterocycles. The van der Waals surface area contributed by atoms with Crippen LogP contribution in [-0.2, 0) is 14.9 Å². The molecule has 2 unspecified atom stereocenters. The van der Waals surface area contributed by atoms with E-state index in [1.54, 1.807) is 0 Å².